The minimum absolute atomic E-state index is 0.0393. The van der Waals surface area contributed by atoms with Gasteiger partial charge in [0.05, 0.1) is 19.5 Å². The van der Waals surface area contributed by atoms with Gasteiger partial charge in [-0.2, -0.15) is 0 Å². The van der Waals surface area contributed by atoms with Crippen LogP contribution >= 0.6 is 0 Å². The monoisotopic (exact) mass is 434 g/mol. The van der Waals surface area contributed by atoms with Crippen LogP contribution in [-0.2, 0) is 11.3 Å². The third-order valence-electron chi connectivity index (χ3n) is 4.40. The van der Waals surface area contributed by atoms with E-state index >= 15 is 0 Å². The molecular weight excluding hydrogens is 408 g/mol. The van der Waals surface area contributed by atoms with Crippen molar-refractivity contribution in [2.45, 2.75) is 26.5 Å². The fourth-order valence-corrected chi connectivity index (χ4v) is 2.87. The Morgan fingerprint density at radius 1 is 1.06 bits per heavy atom. The van der Waals surface area contributed by atoms with Crippen molar-refractivity contribution >= 4 is 23.6 Å². The molecule has 1 heterocycles. The first-order valence-corrected chi connectivity index (χ1v) is 10.2. The number of carbonyl (C=O) groups is 2. The lowest BCUT2D eigenvalue weighted by Crippen LogP contribution is -2.20. The summed E-state index contributed by atoms with van der Waals surface area (Å²) < 4.78 is 16.1. The third-order valence-corrected chi connectivity index (χ3v) is 4.40. The van der Waals surface area contributed by atoms with E-state index in [0.29, 0.717) is 23.7 Å². The number of hydrogen-bond donors (Lipinski definition) is 2. The Morgan fingerprint density at radius 2 is 1.84 bits per heavy atom. The standard InChI is InChI=1S/C25H26N2O5/c1-17(2)32-21-12-8-18(15-23(21)30-3)9-13-24(28)26-16-19-6-10-20(11-7-19)27-25(29)22-5-4-14-31-22/h4-15,17H,16H2,1-3H3,(H,26,28)(H,27,29)/b13-9+. The van der Waals surface area contributed by atoms with Gasteiger partial charge in [-0.1, -0.05) is 18.2 Å². The maximum absolute atomic E-state index is 12.2. The zero-order valence-corrected chi connectivity index (χ0v) is 18.3. The normalized spacial score (nSPS) is 10.9. The van der Waals surface area contributed by atoms with Gasteiger partial charge in [0.2, 0.25) is 5.91 Å². The van der Waals surface area contributed by atoms with Gasteiger partial charge in [-0.05, 0) is 67.4 Å². The molecule has 0 saturated heterocycles. The molecule has 0 saturated carbocycles. The zero-order valence-electron chi connectivity index (χ0n) is 18.3. The quantitative estimate of drug-likeness (QED) is 0.478. The van der Waals surface area contributed by atoms with Gasteiger partial charge in [-0.15, -0.1) is 0 Å². The van der Waals surface area contributed by atoms with E-state index < -0.39 is 0 Å². The summed E-state index contributed by atoms with van der Waals surface area (Å²) in [4.78, 5) is 24.2. The number of anilines is 1. The fraction of sp³-hybridized carbons (Fsp3) is 0.200. The Kier molecular flexibility index (Phi) is 7.70. The molecule has 2 aromatic carbocycles. The minimum Gasteiger partial charge on any atom is -0.493 e. The number of ether oxygens (including phenoxy) is 2. The number of rotatable bonds is 9. The van der Waals surface area contributed by atoms with Gasteiger partial charge in [-0.3, -0.25) is 9.59 Å². The van der Waals surface area contributed by atoms with E-state index in [9.17, 15) is 9.59 Å². The number of furan rings is 1. The van der Waals surface area contributed by atoms with E-state index in [1.165, 1.54) is 12.3 Å². The van der Waals surface area contributed by atoms with Crippen molar-refractivity contribution in [3.05, 3.63) is 83.8 Å². The van der Waals surface area contributed by atoms with E-state index in [0.717, 1.165) is 11.1 Å². The smallest absolute Gasteiger partial charge is 0.291 e. The number of benzene rings is 2. The van der Waals surface area contributed by atoms with Gasteiger partial charge >= 0.3 is 0 Å². The molecule has 0 aliphatic rings. The molecule has 0 aliphatic carbocycles. The van der Waals surface area contributed by atoms with Crippen LogP contribution < -0.4 is 20.1 Å². The Balaban J connectivity index is 1.51. The number of nitrogens with one attached hydrogen (secondary N) is 2. The van der Waals surface area contributed by atoms with Crippen LogP contribution in [0.4, 0.5) is 5.69 Å². The number of methoxy groups -OCH3 is 1. The fourth-order valence-electron chi connectivity index (χ4n) is 2.87. The number of amides is 2. The van der Waals surface area contributed by atoms with Crippen molar-refractivity contribution in [3.8, 4) is 11.5 Å². The second-order valence-corrected chi connectivity index (χ2v) is 7.26. The molecule has 0 spiro atoms. The predicted octanol–water partition coefficient (Wildman–Crippen LogP) is 4.66. The van der Waals surface area contributed by atoms with Gasteiger partial charge < -0.3 is 24.5 Å². The molecule has 0 fully saturated rings. The van der Waals surface area contributed by atoms with Crippen LogP contribution in [0.25, 0.3) is 6.08 Å². The highest BCUT2D eigenvalue weighted by molar-refractivity contribution is 6.02. The van der Waals surface area contributed by atoms with Crippen LogP contribution in [0.3, 0.4) is 0 Å². The first-order chi connectivity index (χ1) is 15.4. The predicted molar refractivity (Wildman–Crippen MR) is 123 cm³/mol. The summed E-state index contributed by atoms with van der Waals surface area (Å²) in [5.74, 6) is 0.976. The lowest BCUT2D eigenvalue weighted by atomic mass is 10.1. The number of hydrogen-bond acceptors (Lipinski definition) is 5. The van der Waals surface area contributed by atoms with Crippen molar-refractivity contribution in [3.63, 3.8) is 0 Å². The molecule has 32 heavy (non-hydrogen) atoms. The van der Waals surface area contributed by atoms with Crippen molar-refractivity contribution in [1.29, 1.82) is 0 Å². The van der Waals surface area contributed by atoms with Crippen molar-refractivity contribution in [1.82, 2.24) is 5.32 Å². The van der Waals surface area contributed by atoms with Crippen molar-refractivity contribution in [2.24, 2.45) is 0 Å². The average Bonchev–Trinajstić information content (AvgIpc) is 3.33. The summed E-state index contributed by atoms with van der Waals surface area (Å²) in [7, 11) is 1.58. The van der Waals surface area contributed by atoms with Crippen molar-refractivity contribution < 1.29 is 23.5 Å². The van der Waals surface area contributed by atoms with Crippen LogP contribution in [0.1, 0.15) is 35.5 Å². The molecule has 3 rings (SSSR count). The Hall–Kier alpha value is -4.00. The van der Waals surface area contributed by atoms with E-state index in [4.69, 9.17) is 13.9 Å². The lowest BCUT2D eigenvalue weighted by molar-refractivity contribution is -0.116. The molecule has 1 aromatic heterocycles. The average molecular weight is 434 g/mol. The maximum atomic E-state index is 12.2. The van der Waals surface area contributed by atoms with Gasteiger partial charge in [0.1, 0.15) is 0 Å². The van der Waals surface area contributed by atoms with E-state index in [1.807, 2.05) is 44.2 Å². The molecule has 0 aliphatic heterocycles. The molecule has 0 unspecified atom stereocenters. The molecule has 7 nitrogen and oxygen atoms in total. The summed E-state index contributed by atoms with van der Waals surface area (Å²) in [6, 6.07) is 16.0. The molecule has 2 N–H and O–H groups in total. The van der Waals surface area contributed by atoms with Gasteiger partial charge in [-0.25, -0.2) is 0 Å². The summed E-state index contributed by atoms with van der Waals surface area (Å²) in [6.07, 6.45) is 4.67. The Morgan fingerprint density at radius 3 is 2.50 bits per heavy atom. The topological polar surface area (TPSA) is 89.8 Å². The maximum Gasteiger partial charge on any atom is 0.291 e. The van der Waals surface area contributed by atoms with E-state index in [2.05, 4.69) is 10.6 Å². The molecular formula is C25H26N2O5. The first-order valence-electron chi connectivity index (χ1n) is 10.2. The Bertz CT molecular complexity index is 1070. The molecule has 3 aromatic rings. The second kappa shape index (κ2) is 10.9. The highest BCUT2D eigenvalue weighted by Gasteiger charge is 2.09. The zero-order chi connectivity index (χ0) is 22.9. The van der Waals surface area contributed by atoms with Gasteiger partial charge in [0, 0.05) is 18.3 Å². The molecule has 0 atom stereocenters. The summed E-state index contributed by atoms with van der Waals surface area (Å²) in [5, 5.41) is 5.58. The minimum atomic E-state index is -0.318. The van der Waals surface area contributed by atoms with Crippen LogP contribution in [0.5, 0.6) is 11.5 Å². The third kappa shape index (κ3) is 6.50. The highest BCUT2D eigenvalue weighted by atomic mass is 16.5. The van der Waals surface area contributed by atoms with Crippen LogP contribution in [-0.4, -0.2) is 25.0 Å². The molecule has 0 radical (unpaired) electrons. The molecule has 166 valence electrons. The second-order valence-electron chi connectivity index (χ2n) is 7.26. The van der Waals surface area contributed by atoms with Crippen LogP contribution in [0.15, 0.2) is 71.4 Å². The first kappa shape index (κ1) is 22.7. The molecule has 2 amide bonds. The molecule has 0 bridgehead atoms. The largest absolute Gasteiger partial charge is 0.493 e. The summed E-state index contributed by atoms with van der Waals surface area (Å²) >= 11 is 0. The number of carbonyl (C=O) groups excluding carboxylic acids is 2. The highest BCUT2D eigenvalue weighted by Crippen LogP contribution is 2.29. The lowest BCUT2D eigenvalue weighted by Gasteiger charge is -2.13. The van der Waals surface area contributed by atoms with E-state index in [1.54, 1.807) is 37.5 Å². The summed E-state index contributed by atoms with van der Waals surface area (Å²) in [5.41, 5.74) is 2.37. The summed E-state index contributed by atoms with van der Waals surface area (Å²) in [6.45, 7) is 4.25. The van der Waals surface area contributed by atoms with Gasteiger partial charge in [0.25, 0.3) is 5.91 Å². The SMILES string of the molecule is COc1cc(/C=C/C(=O)NCc2ccc(NC(=O)c3ccco3)cc2)ccc1OC(C)C. The van der Waals surface area contributed by atoms with E-state index in [-0.39, 0.29) is 23.7 Å². The van der Waals surface area contributed by atoms with Crippen LogP contribution in [0, 0.1) is 0 Å². The van der Waals surface area contributed by atoms with Crippen molar-refractivity contribution in [2.75, 3.05) is 12.4 Å². The Labute approximate surface area is 187 Å². The van der Waals surface area contributed by atoms with Gasteiger partial charge in [0.15, 0.2) is 17.3 Å². The van der Waals surface area contributed by atoms with Crippen LogP contribution in [0.2, 0.25) is 0 Å². The molecule has 7 heteroatoms.